The van der Waals surface area contributed by atoms with Crippen molar-refractivity contribution in [2.24, 2.45) is 5.41 Å². The maximum Gasteiger partial charge on any atom is 0.406 e. The number of fused-ring (bicyclic) bond motifs is 1. The Hall–Kier alpha value is -2.41. The third-order valence-electron chi connectivity index (χ3n) is 6.11. The van der Waals surface area contributed by atoms with Crippen molar-refractivity contribution in [3.63, 3.8) is 0 Å². The Morgan fingerprint density at radius 2 is 2.10 bits per heavy atom. The second kappa shape index (κ2) is 13.3. The number of hydrogen-bond donors (Lipinski definition) is 6. The fourth-order valence-electron chi connectivity index (χ4n) is 3.72. The van der Waals surface area contributed by atoms with Crippen LogP contribution < -0.4 is 16.4 Å². The molecular weight excluding hydrogens is 587 g/mol. The summed E-state index contributed by atoms with van der Waals surface area (Å²) in [7, 11) is -4.25. The smallest absolute Gasteiger partial charge is 0.406 e. The number of ether oxygens (including phenoxy) is 2. The maximum atomic E-state index is 13.4. The summed E-state index contributed by atoms with van der Waals surface area (Å²) in [4.78, 5) is 46.5. The largest absolute Gasteiger partial charge is 0.465 e. The highest BCUT2D eigenvalue weighted by molar-refractivity contribution is 8.13. The number of nitrogens with zero attached hydrogens (tertiary/aromatic N) is 3. The molecule has 17 nitrogen and oxygen atoms in total. The standard InChI is InChI=1S/C22H35N6O11PS/c1-5-36-13(30)8-25-40(35,37-6-7-41-19(33)21(2,3)10-29)38-9-12-15(31)22(4,34)18(39-12)28-11-24-14-16(28)26-20(23)27-17(14)32/h11-12,15,18,29,31,34H,5-10H2,1-4H3,(H,25,35)(H3,23,26,27,32)/t12-,15-,18-,22-,40?/m0/s1. The summed E-state index contributed by atoms with van der Waals surface area (Å²) in [5.74, 6) is -0.880. The number of carbonyl (C=O) groups excluding carboxylic acids is 2. The van der Waals surface area contributed by atoms with Crippen molar-refractivity contribution in [3.8, 4) is 0 Å². The van der Waals surface area contributed by atoms with Gasteiger partial charge in [0.05, 0.1) is 38.2 Å². The number of aliphatic hydroxyl groups excluding tert-OH is 2. The molecule has 0 aromatic carbocycles. The normalized spacial score (nSPS) is 24.4. The van der Waals surface area contributed by atoms with Crippen LogP contribution in [0.2, 0.25) is 0 Å². The van der Waals surface area contributed by atoms with Crippen LogP contribution in [0.3, 0.4) is 0 Å². The van der Waals surface area contributed by atoms with E-state index in [1.54, 1.807) is 20.8 Å². The zero-order valence-corrected chi connectivity index (χ0v) is 24.6. The number of esters is 1. The molecule has 5 atom stereocenters. The molecule has 3 heterocycles. The van der Waals surface area contributed by atoms with E-state index in [1.807, 2.05) is 0 Å². The molecule has 1 unspecified atom stereocenters. The van der Waals surface area contributed by atoms with Gasteiger partial charge >= 0.3 is 13.7 Å². The van der Waals surface area contributed by atoms with Gasteiger partial charge < -0.3 is 30.5 Å². The second-order valence-corrected chi connectivity index (χ2v) is 12.8. The monoisotopic (exact) mass is 622 g/mol. The number of nitrogens with one attached hydrogen (secondary N) is 2. The van der Waals surface area contributed by atoms with E-state index in [9.17, 15) is 34.3 Å². The molecule has 7 N–H and O–H groups in total. The van der Waals surface area contributed by atoms with Crippen LogP contribution in [0, 0.1) is 5.41 Å². The molecule has 3 rings (SSSR count). The van der Waals surface area contributed by atoms with Crippen LogP contribution in [0.25, 0.3) is 11.2 Å². The Morgan fingerprint density at radius 1 is 1.39 bits per heavy atom. The molecule has 2 aromatic heterocycles. The van der Waals surface area contributed by atoms with Crippen molar-refractivity contribution in [2.75, 3.05) is 44.5 Å². The lowest BCUT2D eigenvalue weighted by Gasteiger charge is -2.27. The van der Waals surface area contributed by atoms with Crippen molar-refractivity contribution in [3.05, 3.63) is 16.7 Å². The molecule has 0 spiro atoms. The Balaban J connectivity index is 1.72. The Labute approximate surface area is 238 Å². The third-order valence-corrected chi connectivity index (χ3v) is 8.86. The molecule has 0 saturated carbocycles. The van der Waals surface area contributed by atoms with E-state index >= 15 is 0 Å². The SMILES string of the molecule is CCOC(=O)CNP(=O)(OCCSC(=O)C(C)(C)CO)OC[C@@H]1O[C@H](n2cnc3c(=O)[nH]c(N)nc32)[C@@](C)(O)[C@H]1O. The van der Waals surface area contributed by atoms with Gasteiger partial charge in [-0.2, -0.15) is 4.98 Å². The first-order chi connectivity index (χ1) is 19.1. The molecule has 1 saturated heterocycles. The summed E-state index contributed by atoms with van der Waals surface area (Å²) in [6.45, 7) is 4.39. The molecule has 41 heavy (non-hydrogen) atoms. The van der Waals surface area contributed by atoms with E-state index in [2.05, 4.69) is 20.0 Å². The number of nitrogens with two attached hydrogens (primary N) is 1. The number of anilines is 1. The molecule has 0 aliphatic carbocycles. The van der Waals surface area contributed by atoms with Gasteiger partial charge in [-0.3, -0.25) is 33.0 Å². The topological polar surface area (TPSA) is 250 Å². The minimum atomic E-state index is -4.25. The minimum Gasteiger partial charge on any atom is -0.465 e. The maximum absolute atomic E-state index is 13.4. The van der Waals surface area contributed by atoms with Gasteiger partial charge in [0.15, 0.2) is 22.5 Å². The zero-order valence-electron chi connectivity index (χ0n) is 22.9. The first-order valence-corrected chi connectivity index (χ1v) is 15.0. The number of imidazole rings is 1. The summed E-state index contributed by atoms with van der Waals surface area (Å²) >= 11 is 0.861. The van der Waals surface area contributed by atoms with Crippen LogP contribution in [0.1, 0.15) is 33.9 Å². The zero-order chi connectivity index (χ0) is 30.6. The lowest BCUT2D eigenvalue weighted by atomic mass is 9.96. The Bertz CT molecular complexity index is 1350. The number of aliphatic hydroxyl groups is 3. The summed E-state index contributed by atoms with van der Waals surface area (Å²) in [5, 5.41) is 33.3. The quantitative estimate of drug-likeness (QED) is 0.0864. The summed E-state index contributed by atoms with van der Waals surface area (Å²) in [5.41, 5.74) is 2.00. The van der Waals surface area contributed by atoms with Crippen molar-refractivity contribution >= 4 is 47.7 Å². The molecule has 0 bridgehead atoms. The lowest BCUT2D eigenvalue weighted by molar-refractivity contribution is -0.141. The number of carbonyl (C=O) groups is 2. The first kappa shape index (κ1) is 33.1. The molecule has 1 fully saturated rings. The number of hydrogen-bond acceptors (Lipinski definition) is 15. The average Bonchev–Trinajstić information content (AvgIpc) is 3.42. The van der Waals surface area contributed by atoms with Crippen LogP contribution in [0.5, 0.6) is 0 Å². The molecule has 1 aliphatic rings. The van der Waals surface area contributed by atoms with Crippen molar-refractivity contribution in [2.45, 2.75) is 51.7 Å². The predicted octanol–water partition coefficient (Wildman–Crippen LogP) is -0.717. The van der Waals surface area contributed by atoms with Gasteiger partial charge in [0.2, 0.25) is 5.95 Å². The van der Waals surface area contributed by atoms with Crippen molar-refractivity contribution in [1.29, 1.82) is 0 Å². The molecule has 0 amide bonds. The number of aromatic nitrogens is 4. The summed E-state index contributed by atoms with van der Waals surface area (Å²) in [6, 6.07) is 0. The predicted molar refractivity (Wildman–Crippen MR) is 146 cm³/mol. The number of aromatic amines is 1. The van der Waals surface area contributed by atoms with Gasteiger partial charge in [-0.15, -0.1) is 0 Å². The van der Waals surface area contributed by atoms with Gasteiger partial charge in [0, 0.05) is 5.75 Å². The van der Waals surface area contributed by atoms with Crippen molar-refractivity contribution < 1.29 is 48.0 Å². The number of rotatable bonds is 14. The fourth-order valence-corrected chi connectivity index (χ4v) is 5.90. The van der Waals surface area contributed by atoms with Gasteiger partial charge in [-0.05, 0) is 27.7 Å². The van der Waals surface area contributed by atoms with E-state index in [-0.39, 0.29) is 47.8 Å². The van der Waals surface area contributed by atoms with E-state index < -0.39 is 61.9 Å². The van der Waals surface area contributed by atoms with Crippen LogP contribution in [-0.2, 0) is 32.7 Å². The van der Waals surface area contributed by atoms with Gasteiger partial charge in [-0.1, -0.05) is 11.8 Å². The van der Waals surface area contributed by atoms with E-state index in [0.29, 0.717) is 0 Å². The molecule has 0 radical (unpaired) electrons. The van der Waals surface area contributed by atoms with E-state index in [1.165, 1.54) is 17.8 Å². The van der Waals surface area contributed by atoms with Crippen LogP contribution in [0.4, 0.5) is 5.95 Å². The van der Waals surface area contributed by atoms with Crippen LogP contribution >= 0.6 is 19.5 Å². The van der Waals surface area contributed by atoms with Gasteiger partial charge in [0.1, 0.15) is 24.4 Å². The number of thioether (sulfide) groups is 1. The lowest BCUT2D eigenvalue weighted by Crippen LogP contribution is -2.44. The van der Waals surface area contributed by atoms with Gasteiger partial charge in [0.25, 0.3) is 5.56 Å². The Morgan fingerprint density at radius 3 is 2.76 bits per heavy atom. The van der Waals surface area contributed by atoms with Crippen LogP contribution in [-0.4, -0.2) is 102 Å². The highest BCUT2D eigenvalue weighted by atomic mass is 32.2. The molecule has 1 aliphatic heterocycles. The molecule has 19 heteroatoms. The van der Waals surface area contributed by atoms with Crippen molar-refractivity contribution in [1.82, 2.24) is 24.6 Å². The van der Waals surface area contributed by atoms with E-state index in [4.69, 9.17) is 24.3 Å². The number of nitrogen functional groups attached to an aromatic ring is 1. The van der Waals surface area contributed by atoms with Gasteiger partial charge in [-0.25, -0.2) is 14.6 Å². The molecule has 2 aromatic rings. The Kier molecular flexibility index (Phi) is 10.7. The highest BCUT2D eigenvalue weighted by Crippen LogP contribution is 2.46. The third kappa shape index (κ3) is 7.71. The second-order valence-electron chi connectivity index (χ2n) is 9.92. The summed E-state index contributed by atoms with van der Waals surface area (Å²) < 4.78 is 36.1. The van der Waals surface area contributed by atoms with E-state index in [0.717, 1.165) is 11.8 Å². The average molecular weight is 623 g/mol. The fraction of sp³-hybridized carbons (Fsp3) is 0.682. The highest BCUT2D eigenvalue weighted by Gasteiger charge is 2.54. The molecular formula is C22H35N6O11PS. The van der Waals surface area contributed by atoms with Crippen LogP contribution in [0.15, 0.2) is 11.1 Å². The number of H-pyrrole nitrogens is 1. The molecule has 230 valence electrons. The first-order valence-electron chi connectivity index (χ1n) is 12.5. The summed E-state index contributed by atoms with van der Waals surface area (Å²) in [6.07, 6.45) is -2.98. The minimum absolute atomic E-state index is 0.00757.